The molecule has 0 bridgehead atoms. The fraction of sp³-hybridized carbons (Fsp3) is 0.538. The summed E-state index contributed by atoms with van der Waals surface area (Å²) in [5.41, 5.74) is 1.96. The molecule has 1 aromatic carbocycles. The maximum absolute atomic E-state index is 5.39. The molecule has 0 aromatic heterocycles. The van der Waals surface area contributed by atoms with Crippen LogP contribution < -0.4 is 14.2 Å². The predicted octanol–water partition coefficient (Wildman–Crippen LogP) is 2.54. The highest BCUT2D eigenvalue weighted by atomic mass is 79.9. The monoisotopic (exact) mass is 317 g/mol. The van der Waals surface area contributed by atoms with Gasteiger partial charge < -0.3 is 14.2 Å². The summed E-state index contributed by atoms with van der Waals surface area (Å²) in [6, 6.07) is 3.84. The van der Waals surface area contributed by atoms with Gasteiger partial charge in [0.25, 0.3) is 0 Å². The van der Waals surface area contributed by atoms with Crippen molar-refractivity contribution in [1.82, 2.24) is 4.90 Å². The van der Waals surface area contributed by atoms with E-state index in [-0.39, 0.29) is 0 Å². The summed E-state index contributed by atoms with van der Waals surface area (Å²) in [5.74, 6) is 2.25. The number of hydrogen-bond donors (Lipinski definition) is 0. The molecule has 0 spiro atoms. The van der Waals surface area contributed by atoms with Crippen LogP contribution in [0, 0.1) is 0 Å². The Morgan fingerprint density at radius 3 is 2.06 bits per heavy atom. The summed E-state index contributed by atoms with van der Waals surface area (Å²) in [6.45, 7) is 0.942. The van der Waals surface area contributed by atoms with Crippen LogP contribution in [0.2, 0.25) is 0 Å². The van der Waals surface area contributed by atoms with Crippen molar-refractivity contribution in [2.45, 2.75) is 6.42 Å². The number of rotatable bonds is 7. The molecular formula is C13H20BrNO3. The molecule has 5 heteroatoms. The molecule has 0 heterocycles. The second-order valence-electron chi connectivity index (χ2n) is 3.97. The van der Waals surface area contributed by atoms with Gasteiger partial charge in [0.15, 0.2) is 11.5 Å². The van der Waals surface area contributed by atoms with E-state index in [0.29, 0.717) is 5.75 Å². The third-order valence-corrected chi connectivity index (χ3v) is 3.61. The molecule has 0 unspecified atom stereocenters. The van der Waals surface area contributed by atoms with Crippen molar-refractivity contribution in [2.75, 3.05) is 40.4 Å². The van der Waals surface area contributed by atoms with Crippen LogP contribution in [0.3, 0.4) is 0 Å². The minimum Gasteiger partial charge on any atom is -0.496 e. The average molecular weight is 318 g/mol. The third-order valence-electron chi connectivity index (χ3n) is 2.75. The highest BCUT2D eigenvalue weighted by Gasteiger charge is 2.12. The summed E-state index contributed by atoms with van der Waals surface area (Å²) >= 11 is 3.42. The molecule has 0 aliphatic heterocycles. The van der Waals surface area contributed by atoms with E-state index >= 15 is 0 Å². The average Bonchev–Trinajstić information content (AvgIpc) is 2.43. The number of likely N-dealkylation sites (N-methyl/N-ethyl adjacent to an activating group) is 1. The fourth-order valence-corrected chi connectivity index (χ4v) is 1.91. The minimum atomic E-state index is 0.687. The normalized spacial score (nSPS) is 10.6. The Bertz CT molecular complexity index is 385. The lowest BCUT2D eigenvalue weighted by Gasteiger charge is -2.16. The lowest BCUT2D eigenvalue weighted by Crippen LogP contribution is -2.19. The van der Waals surface area contributed by atoms with Gasteiger partial charge in [0, 0.05) is 12.6 Å². The van der Waals surface area contributed by atoms with Gasteiger partial charge in [-0.05, 0) is 25.1 Å². The van der Waals surface area contributed by atoms with Gasteiger partial charge in [-0.3, -0.25) is 4.90 Å². The van der Waals surface area contributed by atoms with Crippen LogP contribution in [-0.2, 0) is 6.42 Å². The molecule has 102 valence electrons. The van der Waals surface area contributed by atoms with Crippen molar-refractivity contribution < 1.29 is 14.2 Å². The van der Waals surface area contributed by atoms with E-state index in [1.807, 2.05) is 12.1 Å². The van der Waals surface area contributed by atoms with Gasteiger partial charge in [0.2, 0.25) is 0 Å². The number of benzene rings is 1. The molecule has 0 N–H and O–H groups in total. The second-order valence-corrected chi connectivity index (χ2v) is 4.47. The van der Waals surface area contributed by atoms with E-state index in [0.717, 1.165) is 35.5 Å². The molecule has 0 saturated heterocycles. The minimum absolute atomic E-state index is 0.687. The molecule has 0 aliphatic rings. The summed E-state index contributed by atoms with van der Waals surface area (Å²) < 4.78 is 16.0. The molecule has 0 radical (unpaired) electrons. The molecule has 1 aromatic rings. The Balaban J connectivity index is 2.94. The first-order chi connectivity index (χ1) is 8.65. The van der Waals surface area contributed by atoms with Crippen LogP contribution in [0.15, 0.2) is 12.1 Å². The summed E-state index contributed by atoms with van der Waals surface area (Å²) in [4.78, 5) is 2.18. The number of nitrogens with zero attached hydrogens (tertiary/aromatic N) is 1. The molecule has 4 nitrogen and oxygen atoms in total. The van der Waals surface area contributed by atoms with Crippen molar-refractivity contribution in [1.29, 1.82) is 0 Å². The van der Waals surface area contributed by atoms with Gasteiger partial charge in [0.1, 0.15) is 5.75 Å². The predicted molar refractivity (Wildman–Crippen MR) is 76.2 cm³/mol. The fourth-order valence-electron chi connectivity index (χ4n) is 1.66. The Hall–Kier alpha value is -0.940. The van der Waals surface area contributed by atoms with Gasteiger partial charge in [-0.1, -0.05) is 15.9 Å². The van der Waals surface area contributed by atoms with E-state index in [9.17, 15) is 0 Å². The Labute approximate surface area is 117 Å². The van der Waals surface area contributed by atoms with Crippen molar-refractivity contribution in [3.8, 4) is 17.2 Å². The zero-order valence-electron chi connectivity index (χ0n) is 11.3. The molecule has 0 amide bonds. The first kappa shape index (κ1) is 15.1. The molecule has 0 saturated carbocycles. The number of hydrogen-bond acceptors (Lipinski definition) is 4. The van der Waals surface area contributed by atoms with Crippen molar-refractivity contribution >= 4 is 15.9 Å². The van der Waals surface area contributed by atoms with E-state index < -0.39 is 0 Å². The second kappa shape index (κ2) is 7.48. The molecular weight excluding hydrogens is 298 g/mol. The smallest absolute Gasteiger partial charge is 0.164 e. The summed E-state index contributed by atoms with van der Waals surface area (Å²) in [5, 5.41) is 0. The highest BCUT2D eigenvalue weighted by Crippen LogP contribution is 2.34. The largest absolute Gasteiger partial charge is 0.496 e. The van der Waals surface area contributed by atoms with Gasteiger partial charge >= 0.3 is 0 Å². The lowest BCUT2D eigenvalue weighted by molar-refractivity contribution is 0.345. The molecule has 0 fully saturated rings. The van der Waals surface area contributed by atoms with Crippen LogP contribution in [0.25, 0.3) is 0 Å². The quantitative estimate of drug-likeness (QED) is 0.571. The number of ether oxygens (including phenoxy) is 3. The van der Waals surface area contributed by atoms with E-state index in [4.69, 9.17) is 14.2 Å². The first-order valence-corrected chi connectivity index (χ1v) is 6.81. The van der Waals surface area contributed by atoms with Crippen LogP contribution in [-0.4, -0.2) is 45.3 Å². The third kappa shape index (κ3) is 3.78. The van der Waals surface area contributed by atoms with Crippen LogP contribution in [0.5, 0.6) is 17.2 Å². The summed E-state index contributed by atoms with van der Waals surface area (Å²) in [6.07, 6.45) is 0.894. The van der Waals surface area contributed by atoms with E-state index in [1.54, 1.807) is 21.3 Å². The van der Waals surface area contributed by atoms with E-state index in [2.05, 4.69) is 27.9 Å². The van der Waals surface area contributed by atoms with Crippen molar-refractivity contribution in [3.05, 3.63) is 17.7 Å². The zero-order valence-corrected chi connectivity index (χ0v) is 12.9. The Morgan fingerprint density at radius 2 is 1.56 bits per heavy atom. The maximum Gasteiger partial charge on any atom is 0.164 e. The van der Waals surface area contributed by atoms with Crippen LogP contribution in [0.4, 0.5) is 0 Å². The standard InChI is InChI=1S/C13H20BrNO3/c1-15(9-14)6-5-10-7-12(17-3)13(18-4)8-11(10)16-2/h7-8H,5-6,9H2,1-4H3. The van der Waals surface area contributed by atoms with Gasteiger partial charge in [-0.2, -0.15) is 0 Å². The SMILES string of the molecule is COc1cc(OC)c(OC)cc1CCN(C)CBr. The Kier molecular flexibility index (Phi) is 6.29. The molecule has 0 atom stereocenters. The maximum atomic E-state index is 5.39. The van der Waals surface area contributed by atoms with Gasteiger partial charge in [0.05, 0.1) is 26.8 Å². The van der Waals surface area contributed by atoms with Gasteiger partial charge in [-0.15, -0.1) is 0 Å². The van der Waals surface area contributed by atoms with Crippen molar-refractivity contribution in [2.24, 2.45) is 0 Å². The molecule has 0 aliphatic carbocycles. The molecule has 18 heavy (non-hydrogen) atoms. The number of methoxy groups -OCH3 is 3. The van der Waals surface area contributed by atoms with E-state index in [1.165, 1.54) is 0 Å². The number of alkyl halides is 1. The summed E-state index contributed by atoms with van der Waals surface area (Å²) in [7, 11) is 6.98. The zero-order chi connectivity index (χ0) is 13.5. The van der Waals surface area contributed by atoms with Crippen LogP contribution in [0.1, 0.15) is 5.56 Å². The molecule has 1 rings (SSSR count). The lowest BCUT2D eigenvalue weighted by atomic mass is 10.1. The van der Waals surface area contributed by atoms with Crippen molar-refractivity contribution in [3.63, 3.8) is 0 Å². The Morgan fingerprint density at radius 1 is 1.00 bits per heavy atom. The van der Waals surface area contributed by atoms with Gasteiger partial charge in [-0.25, -0.2) is 0 Å². The number of halogens is 1. The highest BCUT2D eigenvalue weighted by molar-refractivity contribution is 9.09. The first-order valence-electron chi connectivity index (χ1n) is 5.69. The van der Waals surface area contributed by atoms with Crippen LogP contribution >= 0.6 is 15.9 Å². The topological polar surface area (TPSA) is 30.9 Å².